The van der Waals surface area contributed by atoms with Crippen LogP contribution in [-0.2, 0) is 14.3 Å². The number of carbonyl (C=O) groups is 2. The maximum absolute atomic E-state index is 12.3. The molecule has 0 radical (unpaired) electrons. The number of nitrogens with one attached hydrogen (secondary N) is 1. The molecule has 0 saturated heterocycles. The summed E-state index contributed by atoms with van der Waals surface area (Å²) in [6, 6.07) is -1.40. The van der Waals surface area contributed by atoms with Gasteiger partial charge in [-0.25, -0.2) is 18.4 Å². The fourth-order valence-corrected chi connectivity index (χ4v) is 1.08. The first kappa shape index (κ1) is 16.6. The number of halogens is 2. The van der Waals surface area contributed by atoms with Gasteiger partial charge in [0.15, 0.2) is 0 Å². The summed E-state index contributed by atoms with van der Waals surface area (Å²) in [7, 11) is 0. The Morgan fingerprint density at radius 3 is 2.22 bits per heavy atom. The van der Waals surface area contributed by atoms with Gasteiger partial charge in [0.05, 0.1) is 6.61 Å². The van der Waals surface area contributed by atoms with Crippen molar-refractivity contribution in [2.24, 2.45) is 0 Å². The lowest BCUT2D eigenvalue weighted by atomic mass is 10.2. The fourth-order valence-electron chi connectivity index (χ4n) is 1.08. The minimum atomic E-state index is -2.73. The molecule has 1 amide bonds. The second-order valence-electron chi connectivity index (χ2n) is 4.58. The smallest absolute Gasteiger partial charge is 0.408 e. The highest BCUT2D eigenvalue weighted by Crippen LogP contribution is 2.10. The van der Waals surface area contributed by atoms with Gasteiger partial charge in [0.2, 0.25) is 6.43 Å². The molecule has 0 fully saturated rings. The largest absolute Gasteiger partial charge is 0.464 e. The molecule has 0 aliphatic carbocycles. The Kier molecular flexibility index (Phi) is 6.57. The van der Waals surface area contributed by atoms with Crippen LogP contribution in [0.5, 0.6) is 0 Å². The molecule has 5 nitrogen and oxygen atoms in total. The molecule has 1 atom stereocenters. The minimum absolute atomic E-state index is 0.0502. The molecule has 0 rings (SSSR count). The molecule has 0 heterocycles. The second kappa shape index (κ2) is 7.13. The van der Waals surface area contributed by atoms with Crippen LogP contribution in [0.25, 0.3) is 0 Å². The Labute approximate surface area is 105 Å². The lowest BCUT2D eigenvalue weighted by Gasteiger charge is -2.22. The van der Waals surface area contributed by atoms with Crippen molar-refractivity contribution in [1.82, 2.24) is 5.32 Å². The molecule has 0 saturated carbocycles. The van der Waals surface area contributed by atoms with Crippen LogP contribution < -0.4 is 5.32 Å². The SMILES string of the molecule is CCOC(=O)[C@H](CC(F)F)NC(=O)OC(C)(C)C. The number of alkyl carbamates (subject to hydrolysis) is 1. The molecule has 18 heavy (non-hydrogen) atoms. The summed E-state index contributed by atoms with van der Waals surface area (Å²) in [5.41, 5.74) is -0.770. The van der Waals surface area contributed by atoms with E-state index in [2.05, 4.69) is 10.1 Å². The highest BCUT2D eigenvalue weighted by Gasteiger charge is 2.28. The van der Waals surface area contributed by atoms with Gasteiger partial charge in [0, 0.05) is 6.42 Å². The Hall–Kier alpha value is -1.40. The van der Waals surface area contributed by atoms with E-state index in [1.165, 1.54) is 0 Å². The van der Waals surface area contributed by atoms with E-state index in [9.17, 15) is 18.4 Å². The Morgan fingerprint density at radius 1 is 1.28 bits per heavy atom. The Morgan fingerprint density at radius 2 is 1.83 bits per heavy atom. The quantitative estimate of drug-likeness (QED) is 0.775. The number of rotatable bonds is 5. The number of amides is 1. The van der Waals surface area contributed by atoms with Gasteiger partial charge in [-0.3, -0.25) is 0 Å². The summed E-state index contributed by atoms with van der Waals surface area (Å²) in [6.07, 6.45) is -4.46. The van der Waals surface area contributed by atoms with Crippen molar-refractivity contribution in [3.63, 3.8) is 0 Å². The van der Waals surface area contributed by atoms with Gasteiger partial charge in [-0.1, -0.05) is 0 Å². The molecule has 0 aliphatic heterocycles. The molecule has 0 unspecified atom stereocenters. The zero-order valence-electron chi connectivity index (χ0n) is 11.0. The minimum Gasteiger partial charge on any atom is -0.464 e. The number of hydrogen-bond acceptors (Lipinski definition) is 4. The molecule has 0 aromatic heterocycles. The average Bonchev–Trinajstić information content (AvgIpc) is 2.13. The van der Waals surface area contributed by atoms with Gasteiger partial charge >= 0.3 is 12.1 Å². The topological polar surface area (TPSA) is 64.6 Å². The maximum Gasteiger partial charge on any atom is 0.408 e. The molecule has 0 spiro atoms. The van der Waals surface area contributed by atoms with E-state index in [1.807, 2.05) is 0 Å². The van der Waals surface area contributed by atoms with Crippen LogP contribution in [0.1, 0.15) is 34.1 Å². The van der Waals surface area contributed by atoms with Crippen molar-refractivity contribution in [3.05, 3.63) is 0 Å². The molecule has 0 bridgehead atoms. The highest BCUT2D eigenvalue weighted by atomic mass is 19.3. The third kappa shape index (κ3) is 7.81. The van der Waals surface area contributed by atoms with Gasteiger partial charge < -0.3 is 14.8 Å². The van der Waals surface area contributed by atoms with Crippen LogP contribution >= 0.6 is 0 Å². The fraction of sp³-hybridized carbons (Fsp3) is 0.818. The van der Waals surface area contributed by atoms with Crippen molar-refractivity contribution < 1.29 is 27.8 Å². The zero-order chi connectivity index (χ0) is 14.3. The first-order chi connectivity index (χ1) is 8.15. The Balaban J connectivity index is 4.49. The third-order valence-corrected chi connectivity index (χ3v) is 1.68. The predicted molar refractivity (Wildman–Crippen MR) is 60.4 cm³/mol. The molecular weight excluding hydrogens is 248 g/mol. The van der Waals surface area contributed by atoms with Gasteiger partial charge in [0.1, 0.15) is 11.6 Å². The summed E-state index contributed by atoms with van der Waals surface area (Å²) in [5, 5.41) is 2.07. The maximum atomic E-state index is 12.3. The summed E-state index contributed by atoms with van der Waals surface area (Å²) in [6.45, 7) is 6.47. The normalized spacial score (nSPS) is 13.1. The molecule has 0 aromatic carbocycles. The molecular formula is C11H19F2NO4. The van der Waals surface area contributed by atoms with E-state index in [-0.39, 0.29) is 6.61 Å². The van der Waals surface area contributed by atoms with Crippen LogP contribution in [-0.4, -0.2) is 36.7 Å². The molecule has 0 aliphatic rings. The van der Waals surface area contributed by atoms with E-state index >= 15 is 0 Å². The van der Waals surface area contributed by atoms with Crippen molar-refractivity contribution in [2.75, 3.05) is 6.61 Å². The first-order valence-electron chi connectivity index (χ1n) is 5.60. The van der Waals surface area contributed by atoms with Crippen LogP contribution in [0.4, 0.5) is 13.6 Å². The van der Waals surface area contributed by atoms with E-state index in [0.29, 0.717) is 0 Å². The van der Waals surface area contributed by atoms with Crippen LogP contribution in [0, 0.1) is 0 Å². The summed E-state index contributed by atoms with van der Waals surface area (Å²) in [5.74, 6) is -0.899. The number of hydrogen-bond donors (Lipinski definition) is 1. The van der Waals surface area contributed by atoms with Crippen LogP contribution in [0.2, 0.25) is 0 Å². The zero-order valence-corrected chi connectivity index (χ0v) is 11.0. The summed E-state index contributed by atoms with van der Waals surface area (Å²) >= 11 is 0. The molecule has 0 aromatic rings. The van der Waals surface area contributed by atoms with Gasteiger partial charge in [-0.2, -0.15) is 0 Å². The van der Waals surface area contributed by atoms with E-state index in [4.69, 9.17) is 4.74 Å². The molecule has 106 valence electrons. The van der Waals surface area contributed by atoms with Crippen LogP contribution in [0.15, 0.2) is 0 Å². The lowest BCUT2D eigenvalue weighted by Crippen LogP contribution is -2.45. The van der Waals surface area contributed by atoms with Crippen molar-refractivity contribution in [1.29, 1.82) is 0 Å². The van der Waals surface area contributed by atoms with Crippen molar-refractivity contribution in [3.8, 4) is 0 Å². The number of carbonyl (C=O) groups excluding carboxylic acids is 2. The summed E-state index contributed by atoms with van der Waals surface area (Å²) in [4.78, 5) is 22.7. The van der Waals surface area contributed by atoms with Gasteiger partial charge in [-0.15, -0.1) is 0 Å². The van der Waals surface area contributed by atoms with Crippen molar-refractivity contribution in [2.45, 2.75) is 52.2 Å². The highest BCUT2D eigenvalue weighted by molar-refractivity contribution is 5.81. The van der Waals surface area contributed by atoms with E-state index < -0.39 is 36.6 Å². The second-order valence-corrected chi connectivity index (χ2v) is 4.58. The van der Waals surface area contributed by atoms with Crippen LogP contribution in [0.3, 0.4) is 0 Å². The average molecular weight is 267 g/mol. The third-order valence-electron chi connectivity index (χ3n) is 1.68. The van der Waals surface area contributed by atoms with Gasteiger partial charge in [0.25, 0.3) is 0 Å². The van der Waals surface area contributed by atoms with E-state index in [0.717, 1.165) is 0 Å². The summed E-state index contributed by atoms with van der Waals surface area (Å²) < 4.78 is 34.0. The molecule has 7 heteroatoms. The van der Waals surface area contributed by atoms with Crippen molar-refractivity contribution >= 4 is 12.1 Å². The number of esters is 1. The number of alkyl halides is 2. The van der Waals surface area contributed by atoms with E-state index in [1.54, 1.807) is 27.7 Å². The monoisotopic (exact) mass is 267 g/mol. The van der Waals surface area contributed by atoms with Gasteiger partial charge in [-0.05, 0) is 27.7 Å². The standard InChI is InChI=1S/C11H19F2NO4/c1-5-17-9(15)7(6-8(12)13)14-10(16)18-11(2,3)4/h7-8H,5-6H2,1-4H3,(H,14,16)/t7-/m0/s1. The lowest BCUT2D eigenvalue weighted by molar-refractivity contribution is -0.146. The first-order valence-corrected chi connectivity index (χ1v) is 5.60. The predicted octanol–water partition coefficient (Wildman–Crippen LogP) is 2.10. The Bertz CT molecular complexity index is 289. The molecule has 1 N–H and O–H groups in total. The number of ether oxygens (including phenoxy) is 2.